The Morgan fingerprint density at radius 1 is 0.500 bits per heavy atom. The summed E-state index contributed by atoms with van der Waals surface area (Å²) < 4.78 is 6.44. The molecule has 1 heterocycles. The molecule has 1 aliphatic rings. The fourth-order valence-electron chi connectivity index (χ4n) is 9.32. The van der Waals surface area contributed by atoms with E-state index in [2.05, 4.69) is 198 Å². The van der Waals surface area contributed by atoms with Gasteiger partial charge in [0, 0.05) is 38.8 Å². The van der Waals surface area contributed by atoms with Crippen molar-refractivity contribution in [2.45, 2.75) is 52.4 Å². The smallest absolute Gasteiger partial charge is 0.143 e. The Morgan fingerprint density at radius 3 is 1.82 bits per heavy atom. The molecule has 0 atom stereocenters. The summed E-state index contributed by atoms with van der Waals surface area (Å²) in [5.74, 6) is 0. The number of fused-ring (bicyclic) bond motifs is 7. The molecule has 272 valence electrons. The highest BCUT2D eigenvalue weighted by Crippen LogP contribution is 2.54. The van der Waals surface area contributed by atoms with Gasteiger partial charge in [0.1, 0.15) is 11.2 Å². The van der Waals surface area contributed by atoms with Gasteiger partial charge in [0.15, 0.2) is 0 Å². The fourth-order valence-corrected chi connectivity index (χ4v) is 9.32. The van der Waals surface area contributed by atoms with Gasteiger partial charge in [-0.25, -0.2) is 0 Å². The standard InChI is InChI=1S/C54H45NO/c1-34-31-47-46-33-40(29-30-48(46)54(5,6)51(47)49(32-34)53(2,3)4)55(38-25-21-36(22-26-38)42-17-11-14-35-13-7-8-15-41(35)42)39-27-23-37(24-28-39)43-18-12-19-45-44-16-9-10-20-50(44)56-52(43)45/h7-33H,1-6H3. The van der Waals surface area contributed by atoms with Crippen LogP contribution < -0.4 is 4.90 Å². The van der Waals surface area contributed by atoms with Gasteiger partial charge in [-0.05, 0) is 110 Å². The lowest BCUT2D eigenvalue weighted by Crippen LogP contribution is -2.23. The zero-order valence-electron chi connectivity index (χ0n) is 32.9. The van der Waals surface area contributed by atoms with Crippen LogP contribution in [0.3, 0.4) is 0 Å². The molecular weight excluding hydrogens is 679 g/mol. The third kappa shape index (κ3) is 5.39. The molecule has 8 aromatic carbocycles. The number of nitrogens with zero attached hydrogens (tertiary/aromatic N) is 1. The van der Waals surface area contributed by atoms with Crippen LogP contribution in [0.15, 0.2) is 168 Å². The van der Waals surface area contributed by atoms with E-state index in [0.29, 0.717) is 0 Å². The molecule has 0 saturated carbocycles. The second kappa shape index (κ2) is 12.6. The van der Waals surface area contributed by atoms with Gasteiger partial charge in [-0.1, -0.05) is 162 Å². The molecule has 9 aromatic rings. The minimum Gasteiger partial charge on any atom is -0.455 e. The van der Waals surface area contributed by atoms with Crippen molar-refractivity contribution in [3.05, 3.63) is 186 Å². The molecule has 56 heavy (non-hydrogen) atoms. The first-order valence-corrected chi connectivity index (χ1v) is 19.8. The van der Waals surface area contributed by atoms with E-state index in [1.807, 2.05) is 12.1 Å². The first kappa shape index (κ1) is 34.1. The van der Waals surface area contributed by atoms with E-state index < -0.39 is 0 Å². The second-order valence-corrected chi connectivity index (χ2v) is 17.1. The van der Waals surface area contributed by atoms with Crippen molar-refractivity contribution in [2.75, 3.05) is 4.90 Å². The quantitative estimate of drug-likeness (QED) is 0.176. The van der Waals surface area contributed by atoms with E-state index in [1.54, 1.807) is 0 Å². The molecule has 0 radical (unpaired) electrons. The summed E-state index contributed by atoms with van der Waals surface area (Å²) in [6, 6.07) is 59.9. The van der Waals surface area contributed by atoms with Gasteiger partial charge in [0.25, 0.3) is 0 Å². The molecule has 0 spiro atoms. The van der Waals surface area contributed by atoms with E-state index in [-0.39, 0.29) is 10.8 Å². The van der Waals surface area contributed by atoms with Crippen molar-refractivity contribution in [3.8, 4) is 33.4 Å². The molecule has 0 N–H and O–H groups in total. The van der Waals surface area contributed by atoms with Gasteiger partial charge in [0.2, 0.25) is 0 Å². The number of hydrogen-bond acceptors (Lipinski definition) is 2. The van der Waals surface area contributed by atoms with Gasteiger partial charge in [-0.15, -0.1) is 0 Å². The van der Waals surface area contributed by atoms with Crippen molar-refractivity contribution in [1.29, 1.82) is 0 Å². The van der Waals surface area contributed by atoms with E-state index in [9.17, 15) is 0 Å². The van der Waals surface area contributed by atoms with E-state index in [0.717, 1.165) is 50.1 Å². The van der Waals surface area contributed by atoms with E-state index >= 15 is 0 Å². The first-order chi connectivity index (χ1) is 27.1. The normalized spacial score (nSPS) is 13.3. The predicted octanol–water partition coefficient (Wildman–Crippen LogP) is 15.5. The van der Waals surface area contributed by atoms with Gasteiger partial charge >= 0.3 is 0 Å². The van der Waals surface area contributed by atoms with Crippen molar-refractivity contribution in [3.63, 3.8) is 0 Å². The van der Waals surface area contributed by atoms with Crippen LogP contribution >= 0.6 is 0 Å². The highest BCUT2D eigenvalue weighted by atomic mass is 16.3. The Labute approximate surface area is 329 Å². The zero-order valence-corrected chi connectivity index (χ0v) is 32.9. The molecule has 10 rings (SSSR count). The average Bonchev–Trinajstić information content (AvgIpc) is 3.69. The second-order valence-electron chi connectivity index (χ2n) is 17.1. The molecule has 0 fully saturated rings. The molecule has 2 heteroatoms. The largest absolute Gasteiger partial charge is 0.455 e. The summed E-state index contributed by atoms with van der Waals surface area (Å²) in [5, 5.41) is 4.80. The number of aryl methyl sites for hydroxylation is 1. The Kier molecular flexibility index (Phi) is 7.67. The maximum Gasteiger partial charge on any atom is 0.143 e. The van der Waals surface area contributed by atoms with Crippen molar-refractivity contribution in [1.82, 2.24) is 0 Å². The third-order valence-corrected chi connectivity index (χ3v) is 12.0. The first-order valence-electron chi connectivity index (χ1n) is 19.8. The summed E-state index contributed by atoms with van der Waals surface area (Å²) in [5.41, 5.74) is 18.0. The molecule has 1 aromatic heterocycles. The molecule has 1 aliphatic carbocycles. The van der Waals surface area contributed by atoms with Crippen molar-refractivity contribution >= 4 is 49.8 Å². The highest BCUT2D eigenvalue weighted by molar-refractivity contribution is 6.09. The number of benzene rings is 8. The summed E-state index contributed by atoms with van der Waals surface area (Å²) in [6.07, 6.45) is 0. The van der Waals surface area contributed by atoms with Crippen LogP contribution in [0, 0.1) is 6.92 Å². The molecule has 2 nitrogen and oxygen atoms in total. The summed E-state index contributed by atoms with van der Waals surface area (Å²) >= 11 is 0. The molecular formula is C54H45NO. The summed E-state index contributed by atoms with van der Waals surface area (Å²) in [6.45, 7) is 14.1. The van der Waals surface area contributed by atoms with Crippen molar-refractivity contribution in [2.24, 2.45) is 0 Å². The van der Waals surface area contributed by atoms with Crippen LogP contribution in [-0.4, -0.2) is 0 Å². The monoisotopic (exact) mass is 723 g/mol. The summed E-state index contributed by atoms with van der Waals surface area (Å²) in [7, 11) is 0. The van der Waals surface area contributed by atoms with Gasteiger partial charge < -0.3 is 9.32 Å². The third-order valence-electron chi connectivity index (χ3n) is 12.0. The molecule has 0 amide bonds. The number of anilines is 3. The number of hydrogen-bond donors (Lipinski definition) is 0. The van der Waals surface area contributed by atoms with Crippen molar-refractivity contribution < 1.29 is 4.42 Å². The van der Waals surface area contributed by atoms with E-state index in [4.69, 9.17) is 4.42 Å². The molecule has 0 saturated heterocycles. The van der Waals surface area contributed by atoms with Crippen LogP contribution in [0.4, 0.5) is 17.1 Å². The van der Waals surface area contributed by atoms with Crippen LogP contribution in [0.2, 0.25) is 0 Å². The molecule has 0 unspecified atom stereocenters. The SMILES string of the molecule is Cc1cc2c(c(C(C)(C)C)c1)C(C)(C)c1ccc(N(c3ccc(-c4cccc5ccccc45)cc3)c3ccc(-c4cccc5c4oc4ccccc45)cc3)cc1-2. The Bertz CT molecular complexity index is 2970. The van der Waals surface area contributed by atoms with Gasteiger partial charge in [-0.2, -0.15) is 0 Å². The lowest BCUT2D eigenvalue weighted by atomic mass is 9.73. The Morgan fingerprint density at radius 2 is 1.09 bits per heavy atom. The van der Waals surface area contributed by atoms with Crippen LogP contribution in [0.5, 0.6) is 0 Å². The van der Waals surface area contributed by atoms with Gasteiger partial charge in [-0.3, -0.25) is 0 Å². The summed E-state index contributed by atoms with van der Waals surface area (Å²) in [4.78, 5) is 2.41. The number of rotatable bonds is 5. The lowest BCUT2D eigenvalue weighted by molar-refractivity contribution is 0.556. The minimum absolute atomic E-state index is 0.0323. The van der Waals surface area contributed by atoms with Crippen LogP contribution in [0.1, 0.15) is 56.9 Å². The zero-order chi connectivity index (χ0) is 38.3. The van der Waals surface area contributed by atoms with Gasteiger partial charge in [0.05, 0.1) is 0 Å². The lowest BCUT2D eigenvalue weighted by Gasteiger charge is -2.31. The Balaban J connectivity index is 1.12. The maximum absolute atomic E-state index is 6.44. The average molecular weight is 724 g/mol. The number of para-hydroxylation sites is 2. The minimum atomic E-state index is -0.107. The predicted molar refractivity (Wildman–Crippen MR) is 238 cm³/mol. The van der Waals surface area contributed by atoms with E-state index in [1.165, 1.54) is 55.3 Å². The van der Waals surface area contributed by atoms with Crippen LogP contribution in [-0.2, 0) is 10.8 Å². The molecule has 0 aliphatic heterocycles. The molecule has 0 bridgehead atoms. The maximum atomic E-state index is 6.44. The topological polar surface area (TPSA) is 16.4 Å². The van der Waals surface area contributed by atoms with Crippen LogP contribution in [0.25, 0.3) is 66.1 Å². The Hall–Kier alpha value is -6.38. The fraction of sp³-hybridized carbons (Fsp3) is 0.148. The highest BCUT2D eigenvalue weighted by Gasteiger charge is 2.40. The number of furan rings is 1.